The highest BCUT2D eigenvalue weighted by Gasteiger charge is 2.29. The number of sulfone groups is 1. The minimum absolute atomic E-state index is 0. The number of nitrogens with one attached hydrogen (secondary N) is 1. The average Bonchev–Trinajstić information content (AvgIpc) is 3.10. The van der Waals surface area contributed by atoms with Crippen LogP contribution in [0.3, 0.4) is 0 Å². The average molecular weight is 515 g/mol. The summed E-state index contributed by atoms with van der Waals surface area (Å²) in [5.41, 5.74) is 2.13. The SMILES string of the molecule is CCOC(=O)c1c(NC(=O)Cc2ccc(S(=O)(=O)C(C)C)cc2)sc2c1CCN(CC)C2.Cl. The van der Waals surface area contributed by atoms with Gasteiger partial charge in [0.05, 0.1) is 28.7 Å². The molecule has 3 rings (SSSR count). The van der Waals surface area contributed by atoms with E-state index >= 15 is 0 Å². The van der Waals surface area contributed by atoms with Crippen LogP contribution in [0, 0.1) is 0 Å². The van der Waals surface area contributed by atoms with Crippen LogP contribution in [0.1, 0.15) is 54.1 Å². The molecule has 7 nitrogen and oxygen atoms in total. The number of fused-ring (bicyclic) bond motifs is 1. The van der Waals surface area contributed by atoms with Gasteiger partial charge in [0.1, 0.15) is 5.00 Å². The summed E-state index contributed by atoms with van der Waals surface area (Å²) in [7, 11) is -3.35. The summed E-state index contributed by atoms with van der Waals surface area (Å²) >= 11 is 1.43. The van der Waals surface area contributed by atoms with E-state index in [1.807, 2.05) is 0 Å². The third kappa shape index (κ3) is 6.15. The van der Waals surface area contributed by atoms with Crippen molar-refractivity contribution >= 4 is 50.5 Å². The lowest BCUT2D eigenvalue weighted by atomic mass is 10.0. The molecule has 1 aromatic carbocycles. The fourth-order valence-corrected chi connectivity index (χ4v) is 6.01. The Morgan fingerprint density at radius 2 is 1.85 bits per heavy atom. The van der Waals surface area contributed by atoms with Crippen molar-refractivity contribution in [1.29, 1.82) is 0 Å². The standard InChI is InChI=1S/C23H30N2O5S2.ClH/c1-5-25-12-11-18-19(14-25)31-22(21(18)23(27)30-6-2)24-20(26)13-16-7-9-17(10-8-16)32(28,29)15(3)4;/h7-10,15H,5-6,11-14H2,1-4H3,(H,24,26);1H. The number of hydrogen-bond acceptors (Lipinski definition) is 7. The zero-order valence-corrected chi connectivity index (χ0v) is 21.8. The van der Waals surface area contributed by atoms with Gasteiger partial charge in [-0.1, -0.05) is 19.1 Å². The number of halogens is 1. The maximum atomic E-state index is 12.8. The minimum Gasteiger partial charge on any atom is -0.462 e. The van der Waals surface area contributed by atoms with Crippen LogP contribution in [0.5, 0.6) is 0 Å². The fraction of sp³-hybridized carbons (Fsp3) is 0.478. The Bertz CT molecular complexity index is 1090. The number of benzene rings is 1. The number of thiophene rings is 1. The van der Waals surface area contributed by atoms with Crippen LogP contribution < -0.4 is 5.32 Å². The number of ether oxygens (including phenoxy) is 1. The molecule has 182 valence electrons. The summed E-state index contributed by atoms with van der Waals surface area (Å²) in [4.78, 5) is 29.0. The van der Waals surface area contributed by atoms with E-state index in [1.54, 1.807) is 32.9 Å². The van der Waals surface area contributed by atoms with Crippen LogP contribution in [0.25, 0.3) is 0 Å². The maximum absolute atomic E-state index is 12.8. The summed E-state index contributed by atoms with van der Waals surface area (Å²) in [6.07, 6.45) is 0.823. The van der Waals surface area contributed by atoms with Gasteiger partial charge in [0.15, 0.2) is 9.84 Å². The topological polar surface area (TPSA) is 92.8 Å². The van der Waals surface area contributed by atoms with Gasteiger partial charge < -0.3 is 10.1 Å². The van der Waals surface area contributed by atoms with Crippen molar-refractivity contribution in [2.45, 2.75) is 57.2 Å². The van der Waals surface area contributed by atoms with E-state index in [1.165, 1.54) is 23.5 Å². The number of nitrogens with zero attached hydrogens (tertiary/aromatic N) is 1. The fourth-order valence-electron chi connectivity index (χ4n) is 3.66. The summed E-state index contributed by atoms with van der Waals surface area (Å²) in [5, 5.41) is 2.91. The van der Waals surface area contributed by atoms with Crippen LogP contribution in [0.15, 0.2) is 29.2 Å². The second-order valence-electron chi connectivity index (χ2n) is 8.01. The zero-order chi connectivity index (χ0) is 23.5. The van der Waals surface area contributed by atoms with Crippen LogP contribution >= 0.6 is 23.7 Å². The highest BCUT2D eigenvalue weighted by Crippen LogP contribution is 2.37. The van der Waals surface area contributed by atoms with Gasteiger partial charge >= 0.3 is 5.97 Å². The lowest BCUT2D eigenvalue weighted by Gasteiger charge is -2.25. The van der Waals surface area contributed by atoms with E-state index in [4.69, 9.17) is 4.74 Å². The molecular weight excluding hydrogens is 484 g/mol. The first kappa shape index (κ1) is 27.3. The smallest absolute Gasteiger partial charge is 0.341 e. The Hall–Kier alpha value is -1.94. The molecule has 0 bridgehead atoms. The first-order valence-corrected chi connectivity index (χ1v) is 13.2. The monoisotopic (exact) mass is 514 g/mol. The van der Waals surface area contributed by atoms with Crippen molar-refractivity contribution in [3.63, 3.8) is 0 Å². The molecular formula is C23H31ClN2O5S2. The molecule has 2 heterocycles. The van der Waals surface area contributed by atoms with Crippen molar-refractivity contribution in [1.82, 2.24) is 4.90 Å². The van der Waals surface area contributed by atoms with Gasteiger partial charge in [-0.25, -0.2) is 13.2 Å². The van der Waals surface area contributed by atoms with Gasteiger partial charge in [-0.3, -0.25) is 9.69 Å². The molecule has 0 atom stereocenters. The molecule has 10 heteroatoms. The number of likely N-dealkylation sites (N-methyl/N-ethyl adjacent to an activating group) is 1. The number of rotatable bonds is 8. The van der Waals surface area contributed by atoms with Crippen molar-refractivity contribution < 1.29 is 22.7 Å². The van der Waals surface area contributed by atoms with Gasteiger partial charge in [-0.15, -0.1) is 23.7 Å². The number of esters is 1. The summed E-state index contributed by atoms with van der Waals surface area (Å²) < 4.78 is 29.8. The van der Waals surface area contributed by atoms with Gasteiger partial charge in [-0.2, -0.15) is 0 Å². The van der Waals surface area contributed by atoms with E-state index in [0.29, 0.717) is 16.1 Å². The van der Waals surface area contributed by atoms with Crippen molar-refractivity contribution in [3.8, 4) is 0 Å². The van der Waals surface area contributed by atoms with Gasteiger partial charge in [0.25, 0.3) is 0 Å². The molecule has 33 heavy (non-hydrogen) atoms. The van der Waals surface area contributed by atoms with Crippen molar-refractivity contribution in [3.05, 3.63) is 45.8 Å². The molecule has 0 saturated carbocycles. The van der Waals surface area contributed by atoms with Crippen LogP contribution in [-0.4, -0.2) is 50.1 Å². The Balaban J connectivity index is 0.00000385. The van der Waals surface area contributed by atoms with Crippen LogP contribution in [0.2, 0.25) is 0 Å². The second-order valence-corrected chi connectivity index (χ2v) is 11.6. The van der Waals surface area contributed by atoms with E-state index in [-0.39, 0.29) is 36.2 Å². The van der Waals surface area contributed by atoms with Gasteiger partial charge in [0.2, 0.25) is 5.91 Å². The zero-order valence-electron chi connectivity index (χ0n) is 19.3. The molecule has 0 fully saturated rings. The van der Waals surface area contributed by atoms with E-state index in [9.17, 15) is 18.0 Å². The van der Waals surface area contributed by atoms with E-state index in [0.717, 1.165) is 36.5 Å². The predicted octanol–water partition coefficient (Wildman–Crippen LogP) is 4.09. The predicted molar refractivity (Wildman–Crippen MR) is 133 cm³/mol. The Morgan fingerprint density at radius 1 is 1.18 bits per heavy atom. The molecule has 2 aromatic rings. The first-order valence-electron chi connectivity index (χ1n) is 10.8. The molecule has 0 unspecified atom stereocenters. The summed E-state index contributed by atoms with van der Waals surface area (Å²) in [6, 6.07) is 6.37. The van der Waals surface area contributed by atoms with Gasteiger partial charge in [0, 0.05) is 18.0 Å². The molecule has 1 amide bonds. The lowest BCUT2D eigenvalue weighted by Crippen LogP contribution is -2.30. The summed E-state index contributed by atoms with van der Waals surface area (Å²) in [6.45, 7) is 9.95. The first-order chi connectivity index (χ1) is 15.2. The molecule has 0 aliphatic carbocycles. The highest BCUT2D eigenvalue weighted by atomic mass is 35.5. The number of carbonyl (C=O) groups is 2. The van der Waals surface area contributed by atoms with Crippen LogP contribution in [0.4, 0.5) is 5.00 Å². The minimum atomic E-state index is -3.35. The Labute approximate surface area is 205 Å². The van der Waals surface area contributed by atoms with Crippen molar-refractivity contribution in [2.75, 3.05) is 25.0 Å². The molecule has 0 spiro atoms. The summed E-state index contributed by atoms with van der Waals surface area (Å²) in [5.74, 6) is -0.672. The number of carbonyl (C=O) groups excluding carboxylic acids is 2. The largest absolute Gasteiger partial charge is 0.462 e. The number of hydrogen-bond donors (Lipinski definition) is 1. The third-order valence-electron chi connectivity index (χ3n) is 5.55. The molecule has 1 aliphatic heterocycles. The quantitative estimate of drug-likeness (QED) is 0.533. The third-order valence-corrected chi connectivity index (χ3v) is 8.86. The Morgan fingerprint density at radius 3 is 2.42 bits per heavy atom. The van der Waals surface area contributed by atoms with E-state index in [2.05, 4.69) is 17.1 Å². The van der Waals surface area contributed by atoms with Crippen LogP contribution in [-0.2, 0) is 38.8 Å². The Kier molecular flexibility index (Phi) is 9.48. The molecule has 1 aliphatic rings. The molecule has 1 aromatic heterocycles. The van der Waals surface area contributed by atoms with Crippen molar-refractivity contribution in [2.24, 2.45) is 0 Å². The lowest BCUT2D eigenvalue weighted by molar-refractivity contribution is -0.115. The molecule has 0 radical (unpaired) electrons. The number of amides is 1. The highest BCUT2D eigenvalue weighted by molar-refractivity contribution is 7.92. The molecule has 0 saturated heterocycles. The second kappa shape index (κ2) is 11.5. The normalized spacial score (nSPS) is 13.8. The van der Waals surface area contributed by atoms with Gasteiger partial charge in [-0.05, 0) is 57.0 Å². The van der Waals surface area contributed by atoms with E-state index < -0.39 is 21.1 Å². The number of anilines is 1. The maximum Gasteiger partial charge on any atom is 0.341 e. The molecule has 1 N–H and O–H groups in total.